The molecule has 0 saturated heterocycles. The standard InChI is InChI=1S/C7H16N2OS/c1-6(8)7(10)9(2)4-5-11-3/h6H,4-5,8H2,1-3H3/t6-/m0/s1. The van der Waals surface area contributed by atoms with E-state index in [1.54, 1.807) is 30.6 Å². The van der Waals surface area contributed by atoms with Gasteiger partial charge >= 0.3 is 0 Å². The Balaban J connectivity index is 3.64. The monoisotopic (exact) mass is 176 g/mol. The molecule has 0 aliphatic heterocycles. The molecule has 0 aromatic heterocycles. The van der Waals surface area contributed by atoms with Crippen molar-refractivity contribution >= 4 is 17.7 Å². The highest BCUT2D eigenvalue weighted by Gasteiger charge is 2.11. The van der Waals surface area contributed by atoms with Gasteiger partial charge in [0.25, 0.3) is 0 Å². The molecule has 2 N–H and O–H groups in total. The second kappa shape index (κ2) is 5.43. The van der Waals surface area contributed by atoms with E-state index >= 15 is 0 Å². The van der Waals surface area contributed by atoms with E-state index in [-0.39, 0.29) is 11.9 Å². The second-order valence-corrected chi connectivity index (χ2v) is 3.53. The largest absolute Gasteiger partial charge is 0.344 e. The quantitative estimate of drug-likeness (QED) is 0.663. The van der Waals surface area contributed by atoms with Crippen LogP contribution in [0.3, 0.4) is 0 Å². The van der Waals surface area contributed by atoms with Gasteiger partial charge in [0.1, 0.15) is 0 Å². The maximum absolute atomic E-state index is 11.1. The first-order valence-electron chi connectivity index (χ1n) is 3.59. The van der Waals surface area contributed by atoms with Crippen molar-refractivity contribution < 1.29 is 4.79 Å². The van der Waals surface area contributed by atoms with Crippen LogP contribution in [0.25, 0.3) is 0 Å². The van der Waals surface area contributed by atoms with Crippen LogP contribution in [0.2, 0.25) is 0 Å². The van der Waals surface area contributed by atoms with Crippen molar-refractivity contribution in [2.45, 2.75) is 13.0 Å². The van der Waals surface area contributed by atoms with Gasteiger partial charge in [0.05, 0.1) is 6.04 Å². The lowest BCUT2D eigenvalue weighted by Crippen LogP contribution is -2.40. The van der Waals surface area contributed by atoms with E-state index in [1.165, 1.54) is 0 Å². The van der Waals surface area contributed by atoms with Crippen LogP contribution in [0.4, 0.5) is 0 Å². The molecule has 0 aliphatic carbocycles. The summed E-state index contributed by atoms with van der Waals surface area (Å²) < 4.78 is 0. The van der Waals surface area contributed by atoms with Gasteiger partial charge in [-0.3, -0.25) is 4.79 Å². The number of amides is 1. The second-order valence-electron chi connectivity index (χ2n) is 2.54. The Morgan fingerprint density at radius 2 is 2.27 bits per heavy atom. The normalized spacial score (nSPS) is 12.7. The van der Waals surface area contributed by atoms with Gasteiger partial charge in [-0.15, -0.1) is 0 Å². The van der Waals surface area contributed by atoms with E-state index in [1.807, 2.05) is 6.26 Å². The summed E-state index contributed by atoms with van der Waals surface area (Å²) >= 11 is 1.72. The van der Waals surface area contributed by atoms with Crippen LogP contribution in [0.1, 0.15) is 6.92 Å². The zero-order chi connectivity index (χ0) is 8.85. The zero-order valence-electron chi connectivity index (χ0n) is 7.33. The van der Waals surface area contributed by atoms with Gasteiger partial charge < -0.3 is 10.6 Å². The highest BCUT2D eigenvalue weighted by Crippen LogP contribution is 1.94. The number of carbonyl (C=O) groups is 1. The molecule has 0 radical (unpaired) electrons. The molecule has 3 nitrogen and oxygen atoms in total. The Morgan fingerprint density at radius 1 is 1.73 bits per heavy atom. The number of thioether (sulfide) groups is 1. The van der Waals surface area contributed by atoms with E-state index in [0.29, 0.717) is 0 Å². The number of rotatable bonds is 4. The maximum atomic E-state index is 11.1. The number of hydrogen-bond donors (Lipinski definition) is 1. The summed E-state index contributed by atoms with van der Waals surface area (Å²) in [6, 6.07) is -0.373. The Morgan fingerprint density at radius 3 is 2.64 bits per heavy atom. The SMILES string of the molecule is CSCCN(C)C(=O)[C@H](C)N. The van der Waals surface area contributed by atoms with Gasteiger partial charge in [0.15, 0.2) is 0 Å². The molecule has 1 atom stereocenters. The first-order chi connectivity index (χ1) is 5.09. The number of nitrogens with two attached hydrogens (primary N) is 1. The van der Waals surface area contributed by atoms with Crippen molar-refractivity contribution in [3.05, 3.63) is 0 Å². The molecule has 0 rings (SSSR count). The Kier molecular flexibility index (Phi) is 5.32. The molecule has 0 unspecified atom stereocenters. The Labute approximate surface area is 72.3 Å². The summed E-state index contributed by atoms with van der Waals surface area (Å²) in [4.78, 5) is 12.8. The molecule has 11 heavy (non-hydrogen) atoms. The van der Waals surface area contributed by atoms with Crippen molar-refractivity contribution in [1.82, 2.24) is 4.90 Å². The van der Waals surface area contributed by atoms with E-state index in [2.05, 4.69) is 0 Å². The van der Waals surface area contributed by atoms with Crippen molar-refractivity contribution in [1.29, 1.82) is 0 Å². The predicted octanol–water partition coefficient (Wildman–Crippen LogP) is 0.155. The molecule has 0 heterocycles. The number of carbonyl (C=O) groups excluding carboxylic acids is 1. The molecule has 0 aromatic rings. The van der Waals surface area contributed by atoms with Crippen molar-refractivity contribution in [3.8, 4) is 0 Å². The molecule has 0 spiro atoms. The third kappa shape index (κ3) is 4.27. The first-order valence-corrected chi connectivity index (χ1v) is 4.98. The molecule has 0 aliphatic rings. The van der Waals surface area contributed by atoms with Crippen LogP contribution in [0.5, 0.6) is 0 Å². The highest BCUT2D eigenvalue weighted by atomic mass is 32.2. The Bertz CT molecular complexity index is 128. The summed E-state index contributed by atoms with van der Waals surface area (Å²) in [7, 11) is 1.78. The molecular weight excluding hydrogens is 160 g/mol. The minimum absolute atomic E-state index is 0.0130. The summed E-state index contributed by atoms with van der Waals surface area (Å²) in [6.07, 6.45) is 2.02. The molecule has 0 bridgehead atoms. The molecular formula is C7H16N2OS. The number of likely N-dealkylation sites (N-methyl/N-ethyl adjacent to an activating group) is 1. The average molecular weight is 176 g/mol. The van der Waals surface area contributed by atoms with E-state index in [9.17, 15) is 4.79 Å². The van der Waals surface area contributed by atoms with Crippen molar-refractivity contribution in [2.24, 2.45) is 5.73 Å². The first kappa shape index (κ1) is 10.8. The summed E-state index contributed by atoms with van der Waals surface area (Å²) in [5.41, 5.74) is 5.41. The molecule has 1 amide bonds. The lowest BCUT2D eigenvalue weighted by molar-refractivity contribution is -0.130. The van der Waals surface area contributed by atoms with E-state index in [4.69, 9.17) is 5.73 Å². The fourth-order valence-electron chi connectivity index (χ4n) is 0.686. The molecule has 0 aromatic carbocycles. The lowest BCUT2D eigenvalue weighted by Gasteiger charge is -2.18. The lowest BCUT2D eigenvalue weighted by atomic mass is 10.3. The van der Waals surface area contributed by atoms with E-state index < -0.39 is 0 Å². The summed E-state index contributed by atoms with van der Waals surface area (Å²) in [6.45, 7) is 2.49. The topological polar surface area (TPSA) is 46.3 Å². The van der Waals surface area contributed by atoms with Gasteiger partial charge in [0.2, 0.25) is 5.91 Å². The summed E-state index contributed by atoms with van der Waals surface area (Å²) in [5, 5.41) is 0. The summed E-state index contributed by atoms with van der Waals surface area (Å²) in [5.74, 6) is 0.980. The van der Waals surface area contributed by atoms with Crippen molar-refractivity contribution in [2.75, 3.05) is 25.6 Å². The fraction of sp³-hybridized carbons (Fsp3) is 0.857. The van der Waals surface area contributed by atoms with Gasteiger partial charge in [-0.05, 0) is 13.2 Å². The molecule has 0 fully saturated rings. The van der Waals surface area contributed by atoms with Crippen LogP contribution in [0.15, 0.2) is 0 Å². The molecule has 66 valence electrons. The van der Waals surface area contributed by atoms with Gasteiger partial charge in [-0.1, -0.05) is 0 Å². The molecule has 0 saturated carbocycles. The van der Waals surface area contributed by atoms with Crippen molar-refractivity contribution in [3.63, 3.8) is 0 Å². The van der Waals surface area contributed by atoms with Gasteiger partial charge in [-0.2, -0.15) is 11.8 Å². The minimum atomic E-state index is -0.373. The van der Waals surface area contributed by atoms with Gasteiger partial charge in [-0.25, -0.2) is 0 Å². The smallest absolute Gasteiger partial charge is 0.238 e. The van der Waals surface area contributed by atoms with E-state index in [0.717, 1.165) is 12.3 Å². The fourth-order valence-corrected chi connectivity index (χ4v) is 1.14. The Hall–Kier alpha value is -0.220. The number of nitrogens with zero attached hydrogens (tertiary/aromatic N) is 1. The van der Waals surface area contributed by atoms with Crippen LogP contribution >= 0.6 is 11.8 Å². The predicted molar refractivity (Wildman–Crippen MR) is 49.7 cm³/mol. The maximum Gasteiger partial charge on any atom is 0.238 e. The van der Waals surface area contributed by atoms with Crippen LogP contribution in [-0.4, -0.2) is 42.4 Å². The van der Waals surface area contributed by atoms with Gasteiger partial charge in [0, 0.05) is 19.3 Å². The molecule has 4 heteroatoms. The van der Waals surface area contributed by atoms with Crippen LogP contribution < -0.4 is 5.73 Å². The van der Waals surface area contributed by atoms with Crippen LogP contribution in [0, 0.1) is 0 Å². The average Bonchev–Trinajstić information content (AvgIpc) is 1.98. The number of hydrogen-bond acceptors (Lipinski definition) is 3. The minimum Gasteiger partial charge on any atom is -0.344 e. The third-order valence-electron chi connectivity index (χ3n) is 1.40. The van der Waals surface area contributed by atoms with Crippen LogP contribution in [-0.2, 0) is 4.79 Å². The zero-order valence-corrected chi connectivity index (χ0v) is 8.15. The highest BCUT2D eigenvalue weighted by molar-refractivity contribution is 7.98. The third-order valence-corrected chi connectivity index (χ3v) is 1.99.